The van der Waals surface area contributed by atoms with Gasteiger partial charge in [0.2, 0.25) is 0 Å². The van der Waals surface area contributed by atoms with Gasteiger partial charge in [0.15, 0.2) is 11.5 Å². The number of nitrogens with one attached hydrogen (secondary N) is 1. The summed E-state index contributed by atoms with van der Waals surface area (Å²) >= 11 is 8.28. The molecule has 5 rings (SSSR count). The summed E-state index contributed by atoms with van der Waals surface area (Å²) in [4.78, 5) is 38.1. The maximum absolute atomic E-state index is 14.4. The van der Waals surface area contributed by atoms with Crippen molar-refractivity contribution in [2.24, 2.45) is 5.92 Å². The van der Waals surface area contributed by atoms with Crippen LogP contribution in [0.15, 0.2) is 70.2 Å². The molecule has 1 amide bonds. The van der Waals surface area contributed by atoms with Gasteiger partial charge in [0.25, 0.3) is 11.5 Å². The second-order valence-electron chi connectivity index (χ2n) is 10.0. The minimum Gasteiger partial charge on any atom is -0.382 e. The number of pyridine rings is 1. The molecule has 2 atom stereocenters. The van der Waals surface area contributed by atoms with Crippen LogP contribution in [0.3, 0.4) is 0 Å². The summed E-state index contributed by atoms with van der Waals surface area (Å²) in [7, 11) is 0. The molecular formula is C29H31BrN6O3S. The molecule has 2 aromatic carbocycles. The van der Waals surface area contributed by atoms with Gasteiger partial charge in [-0.05, 0) is 51.5 Å². The van der Waals surface area contributed by atoms with Crippen molar-refractivity contribution in [1.82, 2.24) is 19.9 Å². The van der Waals surface area contributed by atoms with Crippen LogP contribution in [-0.2, 0) is 4.74 Å². The van der Waals surface area contributed by atoms with E-state index in [9.17, 15) is 9.59 Å². The molecule has 2 aromatic heterocycles. The minimum atomic E-state index is -0.547. The number of fused-ring (bicyclic) bond motifs is 1. The Balaban J connectivity index is 1.64. The molecule has 0 radical (unpaired) electrons. The van der Waals surface area contributed by atoms with Gasteiger partial charge in [-0.25, -0.2) is 9.97 Å². The number of para-hydroxylation sites is 1. The van der Waals surface area contributed by atoms with E-state index in [0.717, 1.165) is 16.8 Å². The van der Waals surface area contributed by atoms with Crippen molar-refractivity contribution >= 4 is 56.7 Å². The number of hydrogen-bond acceptors (Lipinski definition) is 8. The molecule has 1 aliphatic rings. The van der Waals surface area contributed by atoms with Crippen LogP contribution in [0, 0.1) is 5.92 Å². The highest BCUT2D eigenvalue weighted by atomic mass is 79.9. The van der Waals surface area contributed by atoms with E-state index in [4.69, 9.17) is 23.1 Å². The average molecular weight is 624 g/mol. The highest BCUT2D eigenvalue weighted by molar-refractivity contribution is 9.10. The molecule has 9 nitrogen and oxygen atoms in total. The second-order valence-corrected chi connectivity index (χ2v) is 11.4. The molecule has 208 valence electrons. The Morgan fingerprint density at radius 1 is 1.12 bits per heavy atom. The Hall–Kier alpha value is -3.41. The van der Waals surface area contributed by atoms with Crippen LogP contribution in [0.5, 0.6) is 0 Å². The number of rotatable bonds is 7. The number of nitrogens with zero attached hydrogens (tertiary/aromatic N) is 4. The molecule has 40 heavy (non-hydrogen) atoms. The predicted octanol–water partition coefficient (Wildman–Crippen LogP) is 4.39. The maximum atomic E-state index is 14.4. The number of carbonyl (C=O) groups excluding carboxylic acids is 1. The summed E-state index contributed by atoms with van der Waals surface area (Å²) in [6.45, 7) is 6.64. The van der Waals surface area contributed by atoms with E-state index in [0.29, 0.717) is 42.0 Å². The molecule has 1 fully saturated rings. The summed E-state index contributed by atoms with van der Waals surface area (Å²) in [5.74, 6) is -0.475. The smallest absolute Gasteiger partial charge is 0.274 e. The fourth-order valence-corrected chi connectivity index (χ4v) is 5.94. The lowest BCUT2D eigenvalue weighted by molar-refractivity contribution is 0.0920. The highest BCUT2D eigenvalue weighted by Gasteiger charge is 2.30. The van der Waals surface area contributed by atoms with Gasteiger partial charge in [0.1, 0.15) is 4.60 Å². The number of hydrogen-bond donors (Lipinski definition) is 3. The van der Waals surface area contributed by atoms with Crippen molar-refractivity contribution in [3.05, 3.63) is 87.1 Å². The molecule has 4 aromatic rings. The lowest BCUT2D eigenvalue weighted by Gasteiger charge is -2.32. The van der Waals surface area contributed by atoms with Crippen LogP contribution in [-0.4, -0.2) is 52.8 Å². The Morgan fingerprint density at radius 2 is 1.85 bits per heavy atom. The van der Waals surface area contributed by atoms with Gasteiger partial charge < -0.3 is 20.7 Å². The summed E-state index contributed by atoms with van der Waals surface area (Å²) in [6.07, 6.45) is 1.44. The predicted molar refractivity (Wildman–Crippen MR) is 165 cm³/mol. The number of morpholine rings is 1. The molecule has 1 saturated heterocycles. The van der Waals surface area contributed by atoms with E-state index in [-0.39, 0.29) is 23.0 Å². The number of halogens is 1. The minimum absolute atomic E-state index is 0.0228. The van der Waals surface area contributed by atoms with Gasteiger partial charge in [0, 0.05) is 30.5 Å². The van der Waals surface area contributed by atoms with Crippen molar-refractivity contribution in [1.29, 1.82) is 0 Å². The van der Waals surface area contributed by atoms with Gasteiger partial charge in [-0.1, -0.05) is 44.2 Å². The number of benzene rings is 2. The maximum Gasteiger partial charge on any atom is 0.274 e. The van der Waals surface area contributed by atoms with Crippen molar-refractivity contribution < 1.29 is 9.53 Å². The largest absolute Gasteiger partial charge is 0.382 e. The number of anilines is 2. The number of thiol groups is 1. The zero-order valence-corrected chi connectivity index (χ0v) is 24.7. The lowest BCUT2D eigenvalue weighted by Crippen LogP contribution is -2.43. The lowest BCUT2D eigenvalue weighted by atomic mass is 9.96. The van der Waals surface area contributed by atoms with E-state index >= 15 is 0 Å². The number of ether oxygens (including phenoxy) is 1. The van der Waals surface area contributed by atoms with Crippen LogP contribution in [0.4, 0.5) is 11.5 Å². The van der Waals surface area contributed by atoms with E-state index in [1.165, 1.54) is 6.20 Å². The van der Waals surface area contributed by atoms with E-state index in [1.54, 1.807) is 4.57 Å². The Labute approximate surface area is 246 Å². The number of aromatic nitrogens is 3. The van der Waals surface area contributed by atoms with Gasteiger partial charge in [0.05, 0.1) is 35.7 Å². The summed E-state index contributed by atoms with van der Waals surface area (Å²) in [6, 6.07) is 16.9. The molecule has 1 aliphatic heterocycles. The van der Waals surface area contributed by atoms with Crippen LogP contribution in [0.25, 0.3) is 16.5 Å². The molecule has 3 heterocycles. The quantitative estimate of drug-likeness (QED) is 0.262. The number of nitrogens with two attached hydrogens (primary N) is 1. The zero-order chi connectivity index (χ0) is 28.4. The van der Waals surface area contributed by atoms with Crippen molar-refractivity contribution in [2.45, 2.75) is 25.1 Å². The molecule has 0 saturated carbocycles. The van der Waals surface area contributed by atoms with E-state index < -0.39 is 17.2 Å². The first-order valence-electron chi connectivity index (χ1n) is 13.1. The fraction of sp³-hybridized carbons (Fsp3) is 0.310. The average Bonchev–Trinajstić information content (AvgIpc) is 2.97. The molecule has 0 spiro atoms. The summed E-state index contributed by atoms with van der Waals surface area (Å²) < 4.78 is 7.65. The number of nitrogen functional groups attached to an aromatic ring is 1. The van der Waals surface area contributed by atoms with Gasteiger partial charge in [-0.3, -0.25) is 14.2 Å². The highest BCUT2D eigenvalue weighted by Crippen LogP contribution is 2.33. The van der Waals surface area contributed by atoms with Crippen molar-refractivity contribution in [3.63, 3.8) is 0 Å². The summed E-state index contributed by atoms with van der Waals surface area (Å²) in [5.41, 5.74) is 8.10. The SMILES string of the molecule is CC(C)C(NC(=O)c1nc(Br)cnc1N)C(S)c1cc2cccc(N3CCOCC3)c2c(=O)n1-c1ccccc1. The first-order valence-corrected chi connectivity index (χ1v) is 14.4. The van der Waals surface area contributed by atoms with Crippen molar-refractivity contribution in [2.75, 3.05) is 36.9 Å². The van der Waals surface area contributed by atoms with Gasteiger partial charge >= 0.3 is 0 Å². The van der Waals surface area contributed by atoms with Gasteiger partial charge in [-0.2, -0.15) is 12.6 Å². The molecule has 3 N–H and O–H groups in total. The third-order valence-electron chi connectivity index (χ3n) is 7.07. The van der Waals surface area contributed by atoms with Crippen LogP contribution in [0.2, 0.25) is 0 Å². The molecule has 0 aliphatic carbocycles. The first kappa shape index (κ1) is 28.1. The molecule has 2 unspecified atom stereocenters. The molecule has 0 bridgehead atoms. The van der Waals surface area contributed by atoms with E-state index in [1.807, 2.05) is 68.4 Å². The molecule has 11 heteroatoms. The first-order chi connectivity index (χ1) is 19.3. The van der Waals surface area contributed by atoms with Crippen LogP contribution >= 0.6 is 28.6 Å². The Bertz CT molecular complexity index is 1590. The van der Waals surface area contributed by atoms with E-state index in [2.05, 4.69) is 36.1 Å². The third-order valence-corrected chi connectivity index (χ3v) is 8.03. The van der Waals surface area contributed by atoms with Crippen molar-refractivity contribution in [3.8, 4) is 5.69 Å². The Kier molecular flexibility index (Phi) is 8.43. The standard InChI is InChI=1S/C29H31BrN6O3S/c1-17(2)24(34-28(37)25-27(31)32-16-22(30)33-25)26(40)21-15-18-7-6-10-20(35-11-13-39-14-12-35)23(18)29(38)36(21)19-8-4-3-5-9-19/h3-10,15-17,24,26,40H,11-14H2,1-2H3,(H2,31,32)(H,34,37). The zero-order valence-electron chi connectivity index (χ0n) is 22.3. The Morgan fingerprint density at radius 3 is 2.55 bits per heavy atom. The topological polar surface area (TPSA) is 115 Å². The second kappa shape index (κ2) is 12.0. The van der Waals surface area contributed by atoms with Crippen LogP contribution in [0.1, 0.15) is 35.3 Å². The molecular weight excluding hydrogens is 592 g/mol. The van der Waals surface area contributed by atoms with Crippen LogP contribution < -0.4 is 21.5 Å². The monoisotopic (exact) mass is 622 g/mol. The summed E-state index contributed by atoms with van der Waals surface area (Å²) in [5, 5.41) is 3.96. The normalized spacial score (nSPS) is 15.3. The number of carbonyl (C=O) groups is 1. The number of amides is 1. The fourth-order valence-electron chi connectivity index (χ4n) is 5.05. The third kappa shape index (κ3) is 5.59. The van der Waals surface area contributed by atoms with Gasteiger partial charge in [-0.15, -0.1) is 0 Å².